The largest absolute Gasteiger partial charge is 0.485 e. The summed E-state index contributed by atoms with van der Waals surface area (Å²) in [6, 6.07) is 12.7. The van der Waals surface area contributed by atoms with E-state index in [-0.39, 0.29) is 18.2 Å². The number of benzene rings is 2. The summed E-state index contributed by atoms with van der Waals surface area (Å²) in [6.07, 6.45) is 1.49. The van der Waals surface area contributed by atoms with Gasteiger partial charge in [0.05, 0.1) is 6.26 Å². The van der Waals surface area contributed by atoms with Crippen LogP contribution in [0.25, 0.3) is 0 Å². The molecule has 0 saturated heterocycles. The van der Waals surface area contributed by atoms with Crippen molar-refractivity contribution in [3.8, 4) is 5.75 Å². The van der Waals surface area contributed by atoms with E-state index in [0.717, 1.165) is 6.26 Å². The van der Waals surface area contributed by atoms with E-state index in [2.05, 4.69) is 4.72 Å². The van der Waals surface area contributed by atoms with Gasteiger partial charge in [-0.15, -0.1) is 0 Å². The second kappa shape index (κ2) is 7.94. The molecule has 0 radical (unpaired) electrons. The van der Waals surface area contributed by atoms with Crippen LogP contribution in [-0.2, 0) is 10.0 Å². The van der Waals surface area contributed by atoms with Crippen LogP contribution >= 0.6 is 0 Å². The number of nitrogens with one attached hydrogen (secondary N) is 1. The Hall–Kier alpha value is -2.67. The molecule has 0 aliphatic carbocycles. The van der Waals surface area contributed by atoms with Gasteiger partial charge in [0, 0.05) is 23.2 Å². The average Bonchev–Trinajstić information content (AvgIpc) is 2.58. The summed E-state index contributed by atoms with van der Waals surface area (Å²) in [6.45, 7) is 1.64. The van der Waals surface area contributed by atoms with Crippen LogP contribution in [0, 0.1) is 0 Å². The number of hydrogen-bond donors (Lipinski definition) is 1. The van der Waals surface area contributed by atoms with Crippen molar-refractivity contribution in [2.45, 2.75) is 13.3 Å². The second-order valence-electron chi connectivity index (χ2n) is 5.46. The molecule has 7 heteroatoms. The van der Waals surface area contributed by atoms with Gasteiger partial charge in [0.1, 0.15) is 5.75 Å². The van der Waals surface area contributed by atoms with Crippen LogP contribution < -0.4 is 9.46 Å². The fourth-order valence-electron chi connectivity index (χ4n) is 2.11. The molecule has 2 rings (SSSR count). The highest BCUT2D eigenvalue weighted by Crippen LogP contribution is 2.15. The molecule has 0 atom stereocenters. The first kappa shape index (κ1) is 18.7. The van der Waals surface area contributed by atoms with E-state index >= 15 is 0 Å². The standard InChI is InChI=1S/C18H19NO5S/c1-3-17(20)13-6-10-16(11-7-13)24-12-18(21)14-4-8-15(9-5-14)19-25(2,22)23/h4-11,19H,3,12H2,1-2H3. The highest BCUT2D eigenvalue weighted by Gasteiger charge is 2.09. The Balaban J connectivity index is 1.94. The molecule has 0 spiro atoms. The summed E-state index contributed by atoms with van der Waals surface area (Å²) in [5.74, 6) is 0.307. The van der Waals surface area contributed by atoms with Gasteiger partial charge in [0.25, 0.3) is 0 Å². The highest BCUT2D eigenvalue weighted by atomic mass is 32.2. The summed E-state index contributed by atoms with van der Waals surface area (Å²) >= 11 is 0. The third kappa shape index (κ3) is 5.72. The molecule has 0 aliphatic heterocycles. The van der Waals surface area contributed by atoms with Gasteiger partial charge < -0.3 is 4.74 Å². The predicted octanol–water partition coefficient (Wildman–Crippen LogP) is 2.91. The first-order valence-corrected chi connectivity index (χ1v) is 9.55. The molecule has 6 nitrogen and oxygen atoms in total. The molecular weight excluding hydrogens is 342 g/mol. The summed E-state index contributed by atoms with van der Waals surface area (Å²) in [4.78, 5) is 23.7. The van der Waals surface area contributed by atoms with Gasteiger partial charge in [-0.1, -0.05) is 6.92 Å². The summed E-state index contributed by atoms with van der Waals surface area (Å²) < 4.78 is 30.0. The third-order valence-corrected chi connectivity index (χ3v) is 3.98. The van der Waals surface area contributed by atoms with E-state index in [1.807, 2.05) is 0 Å². The van der Waals surface area contributed by atoms with E-state index in [1.165, 1.54) is 24.3 Å². The number of rotatable bonds is 8. The zero-order chi connectivity index (χ0) is 18.4. The molecule has 132 valence electrons. The number of Topliss-reactive ketones (excluding diaryl/α,β-unsaturated/α-hetero) is 2. The molecule has 0 saturated carbocycles. The van der Waals surface area contributed by atoms with E-state index in [1.54, 1.807) is 31.2 Å². The number of carbonyl (C=O) groups excluding carboxylic acids is 2. The first-order chi connectivity index (χ1) is 11.8. The normalized spacial score (nSPS) is 11.0. The van der Waals surface area contributed by atoms with Gasteiger partial charge in [0.2, 0.25) is 10.0 Å². The van der Waals surface area contributed by atoms with Crippen molar-refractivity contribution in [3.05, 3.63) is 59.7 Å². The van der Waals surface area contributed by atoms with Crippen molar-refractivity contribution < 1.29 is 22.7 Å². The fraction of sp³-hybridized carbons (Fsp3) is 0.222. The first-order valence-electron chi connectivity index (χ1n) is 7.65. The van der Waals surface area contributed by atoms with Crippen molar-refractivity contribution in [1.82, 2.24) is 0 Å². The lowest BCUT2D eigenvalue weighted by atomic mass is 10.1. The second-order valence-corrected chi connectivity index (χ2v) is 7.21. The molecule has 2 aromatic carbocycles. The fourth-order valence-corrected chi connectivity index (χ4v) is 2.68. The number of hydrogen-bond acceptors (Lipinski definition) is 5. The summed E-state index contributed by atoms with van der Waals surface area (Å²) in [7, 11) is -3.35. The molecule has 2 aromatic rings. The molecule has 0 bridgehead atoms. The Labute approximate surface area is 146 Å². The Bertz CT molecular complexity index is 855. The van der Waals surface area contributed by atoms with E-state index < -0.39 is 10.0 Å². The molecule has 25 heavy (non-hydrogen) atoms. The van der Waals surface area contributed by atoms with Crippen molar-refractivity contribution >= 4 is 27.3 Å². The minimum atomic E-state index is -3.35. The van der Waals surface area contributed by atoms with Crippen LogP contribution in [0.15, 0.2) is 48.5 Å². The van der Waals surface area contributed by atoms with Crippen molar-refractivity contribution in [3.63, 3.8) is 0 Å². The maximum Gasteiger partial charge on any atom is 0.229 e. The molecule has 0 fully saturated rings. The summed E-state index contributed by atoms with van der Waals surface area (Å²) in [5.41, 5.74) is 1.41. The minimum Gasteiger partial charge on any atom is -0.485 e. The van der Waals surface area contributed by atoms with Crippen LogP contribution in [0.3, 0.4) is 0 Å². The SMILES string of the molecule is CCC(=O)c1ccc(OCC(=O)c2ccc(NS(C)(=O)=O)cc2)cc1. The Morgan fingerprint density at radius 2 is 1.44 bits per heavy atom. The number of ether oxygens (including phenoxy) is 1. The van der Waals surface area contributed by atoms with E-state index in [0.29, 0.717) is 29.0 Å². The number of carbonyl (C=O) groups is 2. The Morgan fingerprint density at radius 3 is 1.96 bits per heavy atom. The third-order valence-electron chi connectivity index (χ3n) is 3.38. The van der Waals surface area contributed by atoms with Gasteiger partial charge in [-0.2, -0.15) is 0 Å². The monoisotopic (exact) mass is 361 g/mol. The molecule has 1 N–H and O–H groups in total. The van der Waals surface area contributed by atoms with E-state index in [4.69, 9.17) is 4.74 Å². The van der Waals surface area contributed by atoms with Crippen LogP contribution in [-0.4, -0.2) is 32.8 Å². The lowest BCUT2D eigenvalue weighted by Gasteiger charge is -2.07. The molecule has 0 amide bonds. The van der Waals surface area contributed by atoms with Gasteiger partial charge in [-0.25, -0.2) is 8.42 Å². The van der Waals surface area contributed by atoms with Gasteiger partial charge in [-0.3, -0.25) is 14.3 Å². The summed E-state index contributed by atoms with van der Waals surface area (Å²) in [5, 5.41) is 0. The number of sulfonamides is 1. The van der Waals surface area contributed by atoms with Crippen LogP contribution in [0.5, 0.6) is 5.75 Å². The molecule has 0 aromatic heterocycles. The number of anilines is 1. The predicted molar refractivity (Wildman–Crippen MR) is 95.8 cm³/mol. The average molecular weight is 361 g/mol. The maximum absolute atomic E-state index is 12.1. The topological polar surface area (TPSA) is 89.5 Å². The zero-order valence-corrected chi connectivity index (χ0v) is 14.8. The van der Waals surface area contributed by atoms with Crippen molar-refractivity contribution in [2.24, 2.45) is 0 Å². The maximum atomic E-state index is 12.1. The van der Waals surface area contributed by atoms with Crippen LogP contribution in [0.2, 0.25) is 0 Å². The lowest BCUT2D eigenvalue weighted by Crippen LogP contribution is -2.12. The van der Waals surface area contributed by atoms with Crippen molar-refractivity contribution in [2.75, 3.05) is 17.6 Å². The Morgan fingerprint density at radius 1 is 0.920 bits per heavy atom. The smallest absolute Gasteiger partial charge is 0.229 e. The van der Waals surface area contributed by atoms with Crippen LogP contribution in [0.4, 0.5) is 5.69 Å². The molecule has 0 aliphatic rings. The molecular formula is C18H19NO5S. The number of ketones is 2. The Kier molecular flexibility index (Phi) is 5.93. The quantitative estimate of drug-likeness (QED) is 0.730. The van der Waals surface area contributed by atoms with E-state index in [9.17, 15) is 18.0 Å². The van der Waals surface area contributed by atoms with Gasteiger partial charge >= 0.3 is 0 Å². The zero-order valence-electron chi connectivity index (χ0n) is 14.0. The lowest BCUT2D eigenvalue weighted by molar-refractivity contribution is 0.0920. The molecule has 0 unspecified atom stereocenters. The van der Waals surface area contributed by atoms with Crippen LogP contribution in [0.1, 0.15) is 34.1 Å². The minimum absolute atomic E-state index is 0.0467. The van der Waals surface area contributed by atoms with Gasteiger partial charge in [0.15, 0.2) is 18.2 Å². The van der Waals surface area contributed by atoms with Gasteiger partial charge in [-0.05, 0) is 48.5 Å². The van der Waals surface area contributed by atoms with Crippen molar-refractivity contribution in [1.29, 1.82) is 0 Å². The highest BCUT2D eigenvalue weighted by molar-refractivity contribution is 7.92. The molecule has 0 heterocycles.